The number of aromatic nitrogens is 1. The van der Waals surface area contributed by atoms with E-state index < -0.39 is 0 Å². The molecule has 0 aliphatic carbocycles. The number of para-hydroxylation sites is 1. The second-order valence-corrected chi connectivity index (χ2v) is 4.45. The van der Waals surface area contributed by atoms with Crippen LogP contribution in [0.5, 0.6) is 0 Å². The largest absolute Gasteiger partial charge is 0.320 e. The number of hydrogen-bond acceptors (Lipinski definition) is 2. The fourth-order valence-electron chi connectivity index (χ4n) is 2.27. The van der Waals surface area contributed by atoms with Crippen LogP contribution < -0.4 is 5.73 Å². The van der Waals surface area contributed by atoms with Crippen LogP contribution in [0.15, 0.2) is 60.8 Å². The van der Waals surface area contributed by atoms with Gasteiger partial charge in [-0.2, -0.15) is 0 Å². The van der Waals surface area contributed by atoms with E-state index in [1.54, 1.807) is 12.3 Å². The van der Waals surface area contributed by atoms with Crippen molar-refractivity contribution in [3.8, 4) is 0 Å². The lowest BCUT2D eigenvalue weighted by molar-refractivity contribution is 0.623. The Hall–Kier alpha value is -2.26. The van der Waals surface area contributed by atoms with E-state index >= 15 is 0 Å². The Bertz CT molecular complexity index is 719. The predicted molar refractivity (Wildman–Crippen MR) is 74.2 cm³/mol. The summed E-state index contributed by atoms with van der Waals surface area (Å²) in [4.78, 5) is 4.31. The van der Waals surface area contributed by atoms with Gasteiger partial charge in [-0.25, -0.2) is 4.39 Å². The molecule has 2 aromatic carbocycles. The molecule has 2 N–H and O–H groups in total. The van der Waals surface area contributed by atoms with E-state index in [1.807, 2.05) is 36.4 Å². The summed E-state index contributed by atoms with van der Waals surface area (Å²) in [5, 5.41) is 1.00. The number of halogens is 1. The molecule has 0 aliphatic rings. The predicted octanol–water partition coefficient (Wildman–Crippen LogP) is 3.42. The highest BCUT2D eigenvalue weighted by Gasteiger charge is 2.12. The maximum Gasteiger partial charge on any atom is 0.123 e. The van der Waals surface area contributed by atoms with Crippen LogP contribution in [0.25, 0.3) is 10.9 Å². The summed E-state index contributed by atoms with van der Waals surface area (Å²) in [5.74, 6) is -0.272. The Morgan fingerprint density at radius 2 is 1.84 bits per heavy atom. The average molecular weight is 252 g/mol. The van der Waals surface area contributed by atoms with Gasteiger partial charge in [0.1, 0.15) is 5.82 Å². The molecule has 0 radical (unpaired) electrons. The van der Waals surface area contributed by atoms with E-state index in [0.717, 1.165) is 22.0 Å². The molecule has 19 heavy (non-hydrogen) atoms. The van der Waals surface area contributed by atoms with Crippen LogP contribution in [0.4, 0.5) is 4.39 Å². The van der Waals surface area contributed by atoms with Crippen molar-refractivity contribution in [2.45, 2.75) is 6.04 Å². The minimum Gasteiger partial charge on any atom is -0.320 e. The zero-order chi connectivity index (χ0) is 13.2. The molecule has 1 heterocycles. The molecule has 94 valence electrons. The number of hydrogen-bond donors (Lipinski definition) is 1. The summed E-state index contributed by atoms with van der Waals surface area (Å²) in [5.41, 5.74) is 8.87. The quantitative estimate of drug-likeness (QED) is 0.759. The first-order chi connectivity index (χ1) is 9.25. The van der Waals surface area contributed by atoms with E-state index in [-0.39, 0.29) is 11.9 Å². The highest BCUT2D eigenvalue weighted by molar-refractivity contribution is 5.82. The third kappa shape index (κ3) is 2.20. The molecule has 1 unspecified atom stereocenters. The minimum absolute atomic E-state index is 0.272. The second kappa shape index (κ2) is 4.78. The minimum atomic E-state index is -0.358. The summed E-state index contributed by atoms with van der Waals surface area (Å²) < 4.78 is 13.3. The zero-order valence-corrected chi connectivity index (χ0v) is 10.3. The third-order valence-electron chi connectivity index (χ3n) is 3.23. The maximum absolute atomic E-state index is 13.3. The molecule has 0 aliphatic heterocycles. The van der Waals surface area contributed by atoms with Gasteiger partial charge in [-0.1, -0.05) is 30.3 Å². The van der Waals surface area contributed by atoms with Crippen molar-refractivity contribution in [1.29, 1.82) is 0 Å². The van der Waals surface area contributed by atoms with Gasteiger partial charge in [0.05, 0.1) is 11.6 Å². The van der Waals surface area contributed by atoms with Crippen LogP contribution in [0.2, 0.25) is 0 Å². The monoisotopic (exact) mass is 252 g/mol. The van der Waals surface area contributed by atoms with Crippen LogP contribution in [0, 0.1) is 5.82 Å². The van der Waals surface area contributed by atoms with Crippen molar-refractivity contribution in [1.82, 2.24) is 4.98 Å². The number of pyridine rings is 1. The average Bonchev–Trinajstić information content (AvgIpc) is 2.46. The molecule has 0 saturated heterocycles. The number of rotatable bonds is 2. The summed E-state index contributed by atoms with van der Waals surface area (Å²) in [7, 11) is 0. The first-order valence-electron chi connectivity index (χ1n) is 6.10. The number of benzene rings is 2. The van der Waals surface area contributed by atoms with Crippen LogP contribution in [0.3, 0.4) is 0 Å². The van der Waals surface area contributed by atoms with Gasteiger partial charge < -0.3 is 5.73 Å². The van der Waals surface area contributed by atoms with Crippen LogP contribution in [0.1, 0.15) is 17.2 Å². The van der Waals surface area contributed by atoms with Crippen LogP contribution in [-0.4, -0.2) is 4.98 Å². The Morgan fingerprint density at radius 3 is 2.68 bits per heavy atom. The van der Waals surface area contributed by atoms with E-state index in [4.69, 9.17) is 5.73 Å². The fourth-order valence-corrected chi connectivity index (χ4v) is 2.27. The van der Waals surface area contributed by atoms with Crippen molar-refractivity contribution < 1.29 is 4.39 Å². The van der Waals surface area contributed by atoms with Crippen molar-refractivity contribution in [3.05, 3.63) is 77.7 Å². The Labute approximate surface area is 110 Å². The van der Waals surface area contributed by atoms with Gasteiger partial charge >= 0.3 is 0 Å². The third-order valence-corrected chi connectivity index (χ3v) is 3.23. The molecule has 0 bridgehead atoms. The molecular formula is C16H13FN2. The smallest absolute Gasteiger partial charge is 0.123 e. The van der Waals surface area contributed by atoms with E-state index in [2.05, 4.69) is 4.98 Å². The van der Waals surface area contributed by atoms with E-state index in [1.165, 1.54) is 12.1 Å². The van der Waals surface area contributed by atoms with Crippen LogP contribution >= 0.6 is 0 Å². The molecule has 3 aromatic rings. The Kier molecular flexibility index (Phi) is 2.97. The second-order valence-electron chi connectivity index (χ2n) is 4.45. The van der Waals surface area contributed by atoms with Gasteiger partial charge in [0, 0.05) is 11.6 Å². The first-order valence-corrected chi connectivity index (χ1v) is 6.10. The lowest BCUT2D eigenvalue weighted by atomic mass is 9.96. The number of nitrogens with two attached hydrogens (primary N) is 1. The maximum atomic E-state index is 13.3. The molecule has 3 rings (SSSR count). The molecule has 1 atom stereocenters. The lowest BCUT2D eigenvalue weighted by Gasteiger charge is -2.14. The lowest BCUT2D eigenvalue weighted by Crippen LogP contribution is -2.12. The molecular weight excluding hydrogens is 239 g/mol. The molecule has 0 spiro atoms. The zero-order valence-electron chi connectivity index (χ0n) is 10.3. The van der Waals surface area contributed by atoms with Gasteiger partial charge in [0.15, 0.2) is 0 Å². The van der Waals surface area contributed by atoms with Crippen molar-refractivity contribution in [2.75, 3.05) is 0 Å². The van der Waals surface area contributed by atoms with E-state index in [9.17, 15) is 4.39 Å². The molecule has 0 fully saturated rings. The van der Waals surface area contributed by atoms with Gasteiger partial charge in [-0.3, -0.25) is 4.98 Å². The molecule has 0 amide bonds. The summed E-state index contributed by atoms with van der Waals surface area (Å²) >= 11 is 0. The Morgan fingerprint density at radius 1 is 1.00 bits per heavy atom. The number of fused-ring (bicyclic) bond motifs is 1. The number of nitrogens with zero attached hydrogens (tertiary/aromatic N) is 1. The van der Waals surface area contributed by atoms with Crippen molar-refractivity contribution in [2.24, 2.45) is 5.73 Å². The SMILES string of the molecule is NC(c1cccc(F)c1)c1ccnc2ccccc12. The van der Waals surface area contributed by atoms with Crippen molar-refractivity contribution in [3.63, 3.8) is 0 Å². The highest BCUT2D eigenvalue weighted by atomic mass is 19.1. The van der Waals surface area contributed by atoms with Gasteiger partial charge in [-0.05, 0) is 35.4 Å². The fraction of sp³-hybridized carbons (Fsp3) is 0.0625. The summed E-state index contributed by atoms with van der Waals surface area (Å²) in [6, 6.07) is 15.7. The van der Waals surface area contributed by atoms with Crippen molar-refractivity contribution >= 4 is 10.9 Å². The topological polar surface area (TPSA) is 38.9 Å². The van der Waals surface area contributed by atoms with E-state index in [0.29, 0.717) is 0 Å². The summed E-state index contributed by atoms with van der Waals surface area (Å²) in [6.07, 6.45) is 1.73. The molecule has 0 saturated carbocycles. The Balaban J connectivity index is 2.14. The van der Waals surface area contributed by atoms with Gasteiger partial charge in [0.25, 0.3) is 0 Å². The standard InChI is InChI=1S/C16H13FN2/c17-12-5-3-4-11(10-12)16(18)14-8-9-19-15-7-2-1-6-13(14)15/h1-10,16H,18H2. The first kappa shape index (κ1) is 11.8. The van der Waals surface area contributed by atoms with Crippen LogP contribution in [-0.2, 0) is 0 Å². The van der Waals surface area contributed by atoms with Gasteiger partial charge in [-0.15, -0.1) is 0 Å². The van der Waals surface area contributed by atoms with Gasteiger partial charge in [0.2, 0.25) is 0 Å². The molecule has 2 nitrogen and oxygen atoms in total. The summed E-state index contributed by atoms with van der Waals surface area (Å²) in [6.45, 7) is 0. The normalized spacial score (nSPS) is 12.5. The molecule has 3 heteroatoms. The molecule has 1 aromatic heterocycles. The highest BCUT2D eigenvalue weighted by Crippen LogP contribution is 2.26.